The van der Waals surface area contributed by atoms with Gasteiger partial charge in [-0.3, -0.25) is 24.7 Å². The summed E-state index contributed by atoms with van der Waals surface area (Å²) in [5, 5.41) is 16.7. The quantitative estimate of drug-likeness (QED) is 0.0889. The maximum Gasteiger partial charge on any atom is 0.297 e. The summed E-state index contributed by atoms with van der Waals surface area (Å²) >= 11 is 0. The molecular formula is C59H71N9O10S. The van der Waals surface area contributed by atoms with Crippen molar-refractivity contribution in [3.8, 4) is 11.6 Å². The first-order valence-electron chi connectivity index (χ1n) is 28.8. The number of nitro benzene ring substituents is 1. The lowest BCUT2D eigenvalue weighted by atomic mass is 9.59. The molecule has 5 saturated heterocycles. The van der Waals surface area contributed by atoms with Crippen LogP contribution < -0.4 is 29.3 Å². The van der Waals surface area contributed by atoms with Gasteiger partial charge in [0.1, 0.15) is 24.0 Å². The first-order valence-corrected chi connectivity index (χ1v) is 30.3. The number of amides is 1. The summed E-state index contributed by atoms with van der Waals surface area (Å²) in [6.07, 6.45) is 13.0. The van der Waals surface area contributed by atoms with Gasteiger partial charge in [-0.1, -0.05) is 24.3 Å². The summed E-state index contributed by atoms with van der Waals surface area (Å²) in [5.74, 6) is -0.305. The molecule has 2 aliphatic carbocycles. The molecule has 7 aliphatic heterocycles. The molecule has 9 aliphatic rings. The number of ether oxygens (including phenoxy) is 5. The van der Waals surface area contributed by atoms with Crippen LogP contribution in [0.3, 0.4) is 0 Å². The van der Waals surface area contributed by atoms with Gasteiger partial charge in [0.25, 0.3) is 21.6 Å². The summed E-state index contributed by atoms with van der Waals surface area (Å²) in [5.41, 5.74) is 6.08. The number of benzene rings is 3. The third-order valence-corrected chi connectivity index (χ3v) is 21.2. The lowest BCUT2D eigenvalue weighted by Crippen LogP contribution is -2.63. The van der Waals surface area contributed by atoms with Gasteiger partial charge in [0.15, 0.2) is 11.4 Å². The van der Waals surface area contributed by atoms with E-state index in [4.69, 9.17) is 28.7 Å². The predicted octanol–water partition coefficient (Wildman–Crippen LogP) is 8.25. The molecule has 14 rings (SSSR count). The highest BCUT2D eigenvalue weighted by atomic mass is 32.2. The van der Waals surface area contributed by atoms with Crippen molar-refractivity contribution in [3.05, 3.63) is 99.7 Å². The second-order valence-corrected chi connectivity index (χ2v) is 25.9. The number of carbonyl (C=O) groups excluding carboxylic acids is 1. The Hall–Kier alpha value is -6.03. The Balaban J connectivity index is 0.729. The number of aromatic amines is 1. The van der Waals surface area contributed by atoms with Crippen LogP contribution in [0.1, 0.15) is 98.2 Å². The number of anilines is 4. The highest BCUT2D eigenvalue weighted by molar-refractivity contribution is 7.90. The minimum atomic E-state index is -4.70. The molecule has 20 heteroatoms. The number of hydrogen-bond donors (Lipinski definition) is 3. The van der Waals surface area contributed by atoms with E-state index in [1.54, 1.807) is 6.07 Å². The maximum atomic E-state index is 14.9. The molecule has 1 amide bonds. The molecule has 418 valence electrons. The van der Waals surface area contributed by atoms with Crippen LogP contribution in [0.4, 0.5) is 28.4 Å². The largest absolute Gasteiger partial charge is 0.489 e. The number of H-pyrrole nitrogens is 1. The molecule has 0 radical (unpaired) electrons. The van der Waals surface area contributed by atoms with Gasteiger partial charge in [-0.05, 0) is 136 Å². The summed E-state index contributed by atoms with van der Waals surface area (Å²) < 4.78 is 61.0. The molecule has 2 aromatic heterocycles. The van der Waals surface area contributed by atoms with Crippen LogP contribution in [-0.4, -0.2) is 148 Å². The van der Waals surface area contributed by atoms with E-state index in [-0.39, 0.29) is 47.0 Å². The van der Waals surface area contributed by atoms with Crippen molar-refractivity contribution in [2.45, 2.75) is 119 Å². The Labute approximate surface area is 460 Å². The molecule has 3 aromatic carbocycles. The average Bonchev–Trinajstić information content (AvgIpc) is 3.95. The van der Waals surface area contributed by atoms with E-state index < -0.39 is 37.5 Å². The monoisotopic (exact) mass is 1100 g/mol. The Morgan fingerprint density at radius 2 is 1.58 bits per heavy atom. The number of nitrogens with one attached hydrogen (secondary N) is 3. The Morgan fingerprint density at radius 1 is 0.823 bits per heavy atom. The number of fused-ring (bicyclic) bond motifs is 4. The average molecular weight is 1100 g/mol. The highest BCUT2D eigenvalue weighted by Crippen LogP contribution is 2.56. The third kappa shape index (κ3) is 9.36. The molecule has 2 spiro atoms. The lowest BCUT2D eigenvalue weighted by Gasteiger charge is -2.60. The number of piperidine rings is 1. The van der Waals surface area contributed by atoms with Crippen LogP contribution in [0.15, 0.2) is 77.8 Å². The molecule has 19 nitrogen and oxygen atoms in total. The first kappa shape index (κ1) is 51.1. The SMILES string of the molecule is Cc1ccccc1[C@@H]1CN(C2CC3(CCOCC3)C2)CCN1C1CC2(CCN(c3ccc(C(=O)NS(=O)(=O)c4cc5c(c([N+](=O)[O-])c4)N[C@H](C4CCOCC4)CO5)c(N4c5cc6cc[nH]c6nc5O[C@H]5COCC[C@@H]54)c3)CC2)C1. The van der Waals surface area contributed by atoms with Gasteiger partial charge >= 0.3 is 0 Å². The maximum absolute atomic E-state index is 14.9. The topological polar surface area (TPSA) is 206 Å². The van der Waals surface area contributed by atoms with Crippen molar-refractivity contribution in [2.24, 2.45) is 16.7 Å². The number of piperazine rings is 1. The molecule has 79 heavy (non-hydrogen) atoms. The van der Waals surface area contributed by atoms with E-state index in [9.17, 15) is 23.3 Å². The molecular weight excluding hydrogens is 1030 g/mol. The number of sulfonamides is 1. The van der Waals surface area contributed by atoms with Crippen LogP contribution in [0.5, 0.6) is 11.6 Å². The predicted molar refractivity (Wildman–Crippen MR) is 297 cm³/mol. The second-order valence-electron chi connectivity index (χ2n) is 24.2. The van der Waals surface area contributed by atoms with Gasteiger partial charge in [0.05, 0.1) is 39.8 Å². The molecule has 0 unspecified atom stereocenters. The normalized spacial score (nSPS) is 27.1. The lowest BCUT2D eigenvalue weighted by molar-refractivity contribution is -0.384. The molecule has 9 heterocycles. The number of carbonyl (C=O) groups is 1. The fourth-order valence-electron chi connectivity index (χ4n) is 15.3. The number of aromatic nitrogens is 2. The summed E-state index contributed by atoms with van der Waals surface area (Å²) in [4.78, 5) is 44.7. The van der Waals surface area contributed by atoms with E-state index in [1.165, 1.54) is 55.7 Å². The number of hydrogen-bond acceptors (Lipinski definition) is 16. The van der Waals surface area contributed by atoms with Gasteiger partial charge in [-0.25, -0.2) is 13.1 Å². The van der Waals surface area contributed by atoms with E-state index >= 15 is 0 Å². The van der Waals surface area contributed by atoms with E-state index in [1.807, 2.05) is 30.5 Å². The smallest absolute Gasteiger partial charge is 0.297 e. The van der Waals surface area contributed by atoms with Gasteiger partial charge in [0.2, 0.25) is 5.88 Å². The first-order chi connectivity index (χ1) is 38.4. The fourth-order valence-corrected chi connectivity index (χ4v) is 16.3. The number of rotatable bonds is 10. The molecule has 2 saturated carbocycles. The summed E-state index contributed by atoms with van der Waals surface area (Å²) in [6, 6.07) is 21.9. The van der Waals surface area contributed by atoms with Crippen molar-refractivity contribution in [2.75, 3.05) is 94.1 Å². The van der Waals surface area contributed by atoms with Gasteiger partial charge in [-0.2, -0.15) is 4.98 Å². The minimum absolute atomic E-state index is 0.0347. The molecule has 4 atom stereocenters. The zero-order valence-electron chi connectivity index (χ0n) is 44.9. The van der Waals surface area contributed by atoms with E-state index in [0.29, 0.717) is 79.3 Å². The van der Waals surface area contributed by atoms with Crippen molar-refractivity contribution < 1.29 is 41.8 Å². The van der Waals surface area contributed by atoms with Crippen LogP contribution >= 0.6 is 0 Å². The van der Waals surface area contributed by atoms with Crippen molar-refractivity contribution >= 4 is 55.4 Å². The fraction of sp³-hybridized carbons (Fsp3) is 0.559. The summed E-state index contributed by atoms with van der Waals surface area (Å²) in [7, 11) is -4.70. The van der Waals surface area contributed by atoms with Gasteiger partial charge in [-0.15, -0.1) is 0 Å². The number of nitrogens with zero attached hydrogens (tertiary/aromatic N) is 6. The number of aryl methyl sites for hydroxylation is 1. The van der Waals surface area contributed by atoms with Crippen LogP contribution in [-0.2, 0) is 24.2 Å². The van der Waals surface area contributed by atoms with Crippen LogP contribution in [0, 0.1) is 33.8 Å². The van der Waals surface area contributed by atoms with Crippen molar-refractivity contribution in [1.82, 2.24) is 24.5 Å². The number of pyridine rings is 1. The summed E-state index contributed by atoms with van der Waals surface area (Å²) in [6.45, 7) is 11.2. The third-order valence-electron chi connectivity index (χ3n) is 19.9. The highest BCUT2D eigenvalue weighted by Gasteiger charge is 2.53. The van der Waals surface area contributed by atoms with Crippen LogP contribution in [0.2, 0.25) is 0 Å². The van der Waals surface area contributed by atoms with Crippen LogP contribution in [0.25, 0.3) is 11.0 Å². The van der Waals surface area contributed by atoms with E-state index in [2.05, 4.69) is 65.8 Å². The molecule has 0 bridgehead atoms. The Kier molecular flexibility index (Phi) is 13.1. The van der Waals surface area contributed by atoms with Crippen molar-refractivity contribution in [1.29, 1.82) is 0 Å². The Bertz CT molecular complexity index is 3270. The zero-order chi connectivity index (χ0) is 53.6. The van der Waals surface area contributed by atoms with E-state index in [0.717, 1.165) is 88.8 Å². The zero-order valence-corrected chi connectivity index (χ0v) is 45.7. The molecule has 3 N–H and O–H groups in total. The minimum Gasteiger partial charge on any atom is -0.489 e. The Morgan fingerprint density at radius 3 is 2.38 bits per heavy atom. The van der Waals surface area contributed by atoms with Gasteiger partial charge < -0.3 is 43.8 Å². The molecule has 7 fully saturated rings. The molecule has 5 aromatic rings. The van der Waals surface area contributed by atoms with Gasteiger partial charge in [0, 0.05) is 113 Å². The standard InChI is InChI=1S/C59H71N9O10S/c1-37-4-2-3-5-44(37)51-34-65(41-30-59(31-41)14-24-75-25-15-59)19-20-66(51)42-32-58(33-42)12-17-64(18-13-58)40-6-7-45(48(27-40)67-47-11-23-76-36-53(47)78-57-50(67)26-39-8-16-60-55(39)62-57)56(69)63-79(72,73)43-28-49(68(70)71)54-52(29-43)77-35-46(61-54)38-9-21-74-22-10-38/h2-8,16,26-29,38,41-42,46-47,51,53,61H,9-15,17-25,30-36H2,1H3,(H,60,62)(H,63,69)/t46-,47-,51-,53-/m0/s1. The number of nitro groups is 1. The second kappa shape index (κ2) is 20.2. The van der Waals surface area contributed by atoms with Crippen molar-refractivity contribution in [3.63, 3.8) is 0 Å².